The molecule has 100 valence electrons. The van der Waals surface area contributed by atoms with Gasteiger partial charge in [0, 0.05) is 12.8 Å². The Bertz CT molecular complexity index is 350. The number of hydrogen-bond acceptors (Lipinski definition) is 3. The van der Waals surface area contributed by atoms with Gasteiger partial charge in [0.2, 0.25) is 0 Å². The molecule has 0 aromatic heterocycles. The molecule has 3 nitrogen and oxygen atoms in total. The smallest absolute Gasteiger partial charge is 0.119 e. The summed E-state index contributed by atoms with van der Waals surface area (Å²) in [5.41, 5.74) is 1.15. The van der Waals surface area contributed by atoms with Crippen molar-refractivity contribution in [1.82, 2.24) is 0 Å². The lowest BCUT2D eigenvalue weighted by Crippen LogP contribution is -2.37. The number of hydrogen-bond donors (Lipinski definition) is 1. The van der Waals surface area contributed by atoms with Crippen LogP contribution in [0.2, 0.25) is 0 Å². The zero-order chi connectivity index (χ0) is 12.8. The molecule has 0 amide bonds. The molecule has 18 heavy (non-hydrogen) atoms. The molecule has 3 heteroatoms. The molecule has 0 spiro atoms. The minimum Gasteiger partial charge on any atom is -0.494 e. The number of rotatable bonds is 5. The van der Waals surface area contributed by atoms with Crippen molar-refractivity contribution in [3.8, 4) is 5.75 Å². The van der Waals surface area contributed by atoms with Crippen LogP contribution in [-0.2, 0) is 4.74 Å². The van der Waals surface area contributed by atoms with Crippen molar-refractivity contribution in [1.29, 1.82) is 0 Å². The number of methoxy groups -OCH3 is 1. The van der Waals surface area contributed by atoms with Crippen molar-refractivity contribution in [2.45, 2.75) is 44.8 Å². The lowest BCUT2D eigenvalue weighted by molar-refractivity contribution is 0.0606. The molecule has 0 saturated heterocycles. The van der Waals surface area contributed by atoms with Crippen LogP contribution < -0.4 is 10.1 Å². The Morgan fingerprint density at radius 1 is 1.17 bits per heavy atom. The molecule has 1 aromatic carbocycles. The molecular formula is C15H23NO2. The van der Waals surface area contributed by atoms with Gasteiger partial charge in [0.25, 0.3) is 0 Å². The maximum absolute atomic E-state index is 5.55. The zero-order valence-corrected chi connectivity index (χ0v) is 11.3. The summed E-state index contributed by atoms with van der Waals surface area (Å²) in [4.78, 5) is 0. The maximum Gasteiger partial charge on any atom is 0.119 e. The van der Waals surface area contributed by atoms with Crippen LogP contribution >= 0.6 is 0 Å². The normalized spacial score (nSPS) is 23.7. The molecule has 1 saturated carbocycles. The van der Waals surface area contributed by atoms with E-state index < -0.39 is 0 Å². The molecule has 2 rings (SSSR count). The van der Waals surface area contributed by atoms with E-state index >= 15 is 0 Å². The molecule has 1 aromatic rings. The van der Waals surface area contributed by atoms with Gasteiger partial charge in [0.15, 0.2) is 0 Å². The predicted octanol–water partition coefficient (Wildman–Crippen LogP) is 3.45. The molecular weight excluding hydrogens is 226 g/mol. The third kappa shape index (κ3) is 3.39. The Morgan fingerprint density at radius 3 is 2.56 bits per heavy atom. The molecule has 2 unspecified atom stereocenters. The quantitative estimate of drug-likeness (QED) is 0.867. The second-order valence-electron chi connectivity index (χ2n) is 4.77. The number of nitrogens with one attached hydrogen (secondary N) is 1. The highest BCUT2D eigenvalue weighted by Crippen LogP contribution is 2.25. The minimum absolute atomic E-state index is 0.338. The largest absolute Gasteiger partial charge is 0.494 e. The van der Waals surface area contributed by atoms with Crippen LogP contribution in [0.3, 0.4) is 0 Å². The Balaban J connectivity index is 1.95. The number of anilines is 1. The van der Waals surface area contributed by atoms with Crippen LogP contribution in [0.1, 0.15) is 32.6 Å². The molecule has 0 radical (unpaired) electrons. The van der Waals surface area contributed by atoms with Gasteiger partial charge >= 0.3 is 0 Å². The fourth-order valence-corrected chi connectivity index (χ4v) is 2.57. The lowest BCUT2D eigenvalue weighted by atomic mass is 9.92. The fourth-order valence-electron chi connectivity index (χ4n) is 2.57. The van der Waals surface area contributed by atoms with Gasteiger partial charge < -0.3 is 14.8 Å². The van der Waals surface area contributed by atoms with Gasteiger partial charge in [0.1, 0.15) is 5.75 Å². The van der Waals surface area contributed by atoms with E-state index in [1.165, 1.54) is 19.3 Å². The van der Waals surface area contributed by atoms with E-state index in [2.05, 4.69) is 17.4 Å². The average molecular weight is 249 g/mol. The summed E-state index contributed by atoms with van der Waals surface area (Å²) >= 11 is 0. The molecule has 0 heterocycles. The van der Waals surface area contributed by atoms with Crippen LogP contribution in [0, 0.1) is 0 Å². The average Bonchev–Trinajstić information content (AvgIpc) is 2.42. The molecule has 1 aliphatic carbocycles. The molecule has 1 fully saturated rings. The van der Waals surface area contributed by atoms with Crippen molar-refractivity contribution < 1.29 is 9.47 Å². The van der Waals surface area contributed by atoms with Crippen LogP contribution in [0.5, 0.6) is 5.75 Å². The molecule has 2 atom stereocenters. The van der Waals surface area contributed by atoms with Crippen molar-refractivity contribution in [2.24, 2.45) is 0 Å². The SMILES string of the molecule is CCOc1ccc(NC2CCCCC2OC)cc1. The van der Waals surface area contributed by atoms with Gasteiger partial charge in [-0.05, 0) is 44.0 Å². The molecule has 0 aliphatic heterocycles. The lowest BCUT2D eigenvalue weighted by Gasteiger charge is -2.31. The standard InChI is InChI=1S/C15H23NO2/c1-3-18-13-10-8-12(9-11-13)16-14-6-4-5-7-15(14)17-2/h8-11,14-16H,3-7H2,1-2H3. The van der Waals surface area contributed by atoms with Crippen molar-refractivity contribution in [3.63, 3.8) is 0 Å². The minimum atomic E-state index is 0.338. The van der Waals surface area contributed by atoms with Gasteiger partial charge in [-0.1, -0.05) is 12.8 Å². The predicted molar refractivity (Wildman–Crippen MR) is 74.3 cm³/mol. The Labute approximate surface area is 109 Å². The Hall–Kier alpha value is -1.22. The number of benzene rings is 1. The van der Waals surface area contributed by atoms with Gasteiger partial charge in [-0.15, -0.1) is 0 Å². The van der Waals surface area contributed by atoms with E-state index in [1.54, 1.807) is 0 Å². The monoisotopic (exact) mass is 249 g/mol. The van der Waals surface area contributed by atoms with Gasteiger partial charge in [-0.3, -0.25) is 0 Å². The van der Waals surface area contributed by atoms with Gasteiger partial charge in [-0.2, -0.15) is 0 Å². The summed E-state index contributed by atoms with van der Waals surface area (Å²) in [5, 5.41) is 3.57. The summed E-state index contributed by atoms with van der Waals surface area (Å²) in [7, 11) is 1.81. The van der Waals surface area contributed by atoms with Crippen LogP contribution in [0.4, 0.5) is 5.69 Å². The second-order valence-corrected chi connectivity index (χ2v) is 4.77. The maximum atomic E-state index is 5.55. The summed E-state index contributed by atoms with van der Waals surface area (Å²) in [6, 6.07) is 8.60. The molecule has 0 bridgehead atoms. The molecule has 1 N–H and O–H groups in total. The van der Waals surface area contributed by atoms with Crippen molar-refractivity contribution in [3.05, 3.63) is 24.3 Å². The highest BCUT2D eigenvalue weighted by atomic mass is 16.5. The first-order chi connectivity index (χ1) is 8.83. The number of ether oxygens (including phenoxy) is 2. The van der Waals surface area contributed by atoms with E-state index in [0.29, 0.717) is 18.8 Å². The Kier molecular flexibility index (Phi) is 4.88. The van der Waals surface area contributed by atoms with E-state index in [0.717, 1.165) is 17.9 Å². The first-order valence-electron chi connectivity index (χ1n) is 6.85. The van der Waals surface area contributed by atoms with E-state index in [4.69, 9.17) is 9.47 Å². The molecule has 1 aliphatic rings. The third-order valence-corrected chi connectivity index (χ3v) is 3.52. The van der Waals surface area contributed by atoms with Crippen molar-refractivity contribution >= 4 is 5.69 Å². The van der Waals surface area contributed by atoms with Gasteiger partial charge in [-0.25, -0.2) is 0 Å². The first kappa shape index (κ1) is 13.2. The van der Waals surface area contributed by atoms with Crippen LogP contribution in [0.15, 0.2) is 24.3 Å². The summed E-state index contributed by atoms with van der Waals surface area (Å²) in [6.07, 6.45) is 5.25. The topological polar surface area (TPSA) is 30.5 Å². The summed E-state index contributed by atoms with van der Waals surface area (Å²) < 4.78 is 11.0. The third-order valence-electron chi connectivity index (χ3n) is 3.52. The Morgan fingerprint density at radius 2 is 1.89 bits per heavy atom. The highest BCUT2D eigenvalue weighted by Gasteiger charge is 2.24. The van der Waals surface area contributed by atoms with Gasteiger partial charge in [0.05, 0.1) is 18.8 Å². The van der Waals surface area contributed by atoms with E-state index in [-0.39, 0.29) is 0 Å². The first-order valence-corrected chi connectivity index (χ1v) is 6.85. The second kappa shape index (κ2) is 6.64. The van der Waals surface area contributed by atoms with Crippen LogP contribution in [-0.4, -0.2) is 25.9 Å². The van der Waals surface area contributed by atoms with E-state index in [1.807, 2.05) is 26.2 Å². The van der Waals surface area contributed by atoms with Crippen molar-refractivity contribution in [2.75, 3.05) is 19.0 Å². The summed E-state index contributed by atoms with van der Waals surface area (Å²) in [5.74, 6) is 0.926. The summed E-state index contributed by atoms with van der Waals surface area (Å²) in [6.45, 7) is 2.71. The van der Waals surface area contributed by atoms with Crippen LogP contribution in [0.25, 0.3) is 0 Å². The zero-order valence-electron chi connectivity index (χ0n) is 11.3. The van der Waals surface area contributed by atoms with E-state index in [9.17, 15) is 0 Å². The fraction of sp³-hybridized carbons (Fsp3) is 0.600. The highest BCUT2D eigenvalue weighted by molar-refractivity contribution is 5.47.